The number of carboxylic acid groups (broad SMARTS) is 1. The maximum atomic E-state index is 10.9. The molecule has 0 aliphatic heterocycles. The fourth-order valence-electron chi connectivity index (χ4n) is 2.31. The second kappa shape index (κ2) is 4.88. The fourth-order valence-corrected chi connectivity index (χ4v) is 2.31. The lowest BCUT2D eigenvalue weighted by molar-refractivity contribution is -0.136. The molecule has 2 aromatic rings. The van der Waals surface area contributed by atoms with Crippen molar-refractivity contribution in [3.63, 3.8) is 0 Å². The van der Waals surface area contributed by atoms with Crippen molar-refractivity contribution in [3.05, 3.63) is 40.5 Å². The molecular weight excluding hydrogens is 242 g/mol. The fraction of sp³-hybridized carbons (Fsp3) is 0.333. The molecule has 19 heavy (non-hydrogen) atoms. The number of rotatable bonds is 3. The van der Waals surface area contributed by atoms with Gasteiger partial charge in [-0.25, -0.2) is 4.98 Å². The third-order valence-electron chi connectivity index (χ3n) is 3.56. The lowest BCUT2D eigenvalue weighted by Crippen LogP contribution is -2.02. The first-order chi connectivity index (χ1) is 8.91. The first-order valence-corrected chi connectivity index (χ1v) is 6.13. The minimum Gasteiger partial charge on any atom is -0.481 e. The van der Waals surface area contributed by atoms with Crippen molar-refractivity contribution >= 4 is 5.97 Å². The van der Waals surface area contributed by atoms with Crippen LogP contribution in [0.4, 0.5) is 0 Å². The van der Waals surface area contributed by atoms with E-state index in [0.29, 0.717) is 11.5 Å². The Morgan fingerprint density at radius 1 is 1.21 bits per heavy atom. The van der Waals surface area contributed by atoms with Crippen molar-refractivity contribution in [2.45, 2.75) is 34.1 Å². The van der Waals surface area contributed by atoms with E-state index in [0.717, 1.165) is 16.7 Å². The third-order valence-corrected chi connectivity index (χ3v) is 3.56. The van der Waals surface area contributed by atoms with Crippen LogP contribution in [0, 0.1) is 27.7 Å². The zero-order chi connectivity index (χ0) is 14.2. The molecule has 1 N–H and O–H groups in total. The molecule has 0 saturated heterocycles. The number of aromatic nitrogens is 1. The Morgan fingerprint density at radius 2 is 1.79 bits per heavy atom. The summed E-state index contributed by atoms with van der Waals surface area (Å²) in [6.45, 7) is 8.14. The summed E-state index contributed by atoms with van der Waals surface area (Å²) >= 11 is 0. The maximum absolute atomic E-state index is 10.9. The number of benzene rings is 1. The summed E-state index contributed by atoms with van der Waals surface area (Å²) in [5, 5.41) is 8.92. The highest BCUT2D eigenvalue weighted by Gasteiger charge is 2.19. The molecule has 0 aliphatic rings. The SMILES string of the molecule is Cc1cc(C)c(C)c(-c2ncoc2CC(=O)O)c1C. The molecule has 0 atom stereocenters. The minimum absolute atomic E-state index is 0.152. The second-order valence-electron chi connectivity index (χ2n) is 4.83. The highest BCUT2D eigenvalue weighted by molar-refractivity contribution is 5.76. The molecule has 1 heterocycles. The molecule has 0 fully saturated rings. The predicted molar refractivity (Wildman–Crippen MR) is 72.2 cm³/mol. The molecule has 1 aromatic heterocycles. The highest BCUT2D eigenvalue weighted by atomic mass is 16.4. The first-order valence-electron chi connectivity index (χ1n) is 6.13. The van der Waals surface area contributed by atoms with Crippen LogP contribution < -0.4 is 0 Å². The van der Waals surface area contributed by atoms with Gasteiger partial charge >= 0.3 is 5.97 Å². The Morgan fingerprint density at radius 3 is 2.32 bits per heavy atom. The molecule has 0 saturated carbocycles. The Kier molecular flexibility index (Phi) is 3.42. The third kappa shape index (κ3) is 2.38. The van der Waals surface area contributed by atoms with Crippen LogP contribution in [0.1, 0.15) is 28.0 Å². The molecule has 0 aliphatic carbocycles. The largest absolute Gasteiger partial charge is 0.481 e. The van der Waals surface area contributed by atoms with Crippen molar-refractivity contribution in [2.24, 2.45) is 0 Å². The molecule has 0 radical (unpaired) electrons. The van der Waals surface area contributed by atoms with Crippen LogP contribution in [0.15, 0.2) is 16.9 Å². The van der Waals surface area contributed by atoms with E-state index in [1.165, 1.54) is 17.5 Å². The van der Waals surface area contributed by atoms with E-state index in [1.807, 2.05) is 27.7 Å². The zero-order valence-electron chi connectivity index (χ0n) is 11.6. The van der Waals surface area contributed by atoms with Crippen LogP contribution in [-0.4, -0.2) is 16.1 Å². The lowest BCUT2D eigenvalue weighted by atomic mass is 9.91. The van der Waals surface area contributed by atoms with E-state index < -0.39 is 5.97 Å². The lowest BCUT2D eigenvalue weighted by Gasteiger charge is -2.14. The standard InChI is InChI=1S/C15H17NO3/c1-8-5-9(2)11(4)14(10(8)3)15-12(6-13(17)18)19-7-16-15/h5,7H,6H2,1-4H3,(H,17,18). The van der Waals surface area contributed by atoms with Gasteiger partial charge in [0.05, 0.1) is 0 Å². The van der Waals surface area contributed by atoms with Crippen molar-refractivity contribution < 1.29 is 14.3 Å². The summed E-state index contributed by atoms with van der Waals surface area (Å²) in [7, 11) is 0. The van der Waals surface area contributed by atoms with Crippen molar-refractivity contribution in [1.29, 1.82) is 0 Å². The Labute approximate surface area is 112 Å². The zero-order valence-corrected chi connectivity index (χ0v) is 11.6. The van der Waals surface area contributed by atoms with E-state index in [1.54, 1.807) is 0 Å². The van der Waals surface area contributed by atoms with Gasteiger partial charge in [-0.05, 0) is 49.9 Å². The Bertz CT molecular complexity index is 615. The highest BCUT2D eigenvalue weighted by Crippen LogP contribution is 2.32. The van der Waals surface area contributed by atoms with Crippen LogP contribution in [0.5, 0.6) is 0 Å². The van der Waals surface area contributed by atoms with Gasteiger partial charge in [0.25, 0.3) is 0 Å². The minimum atomic E-state index is -0.919. The smallest absolute Gasteiger partial charge is 0.311 e. The Balaban J connectivity index is 2.66. The molecule has 100 valence electrons. The van der Waals surface area contributed by atoms with Crippen LogP contribution in [0.25, 0.3) is 11.3 Å². The number of oxazole rings is 1. The summed E-state index contributed by atoms with van der Waals surface area (Å²) in [6, 6.07) is 2.13. The van der Waals surface area contributed by atoms with Gasteiger partial charge in [0.1, 0.15) is 17.9 Å². The van der Waals surface area contributed by atoms with E-state index >= 15 is 0 Å². The van der Waals surface area contributed by atoms with Crippen LogP contribution >= 0.6 is 0 Å². The molecular formula is C15H17NO3. The molecule has 2 rings (SSSR count). The number of hydrogen-bond donors (Lipinski definition) is 1. The normalized spacial score (nSPS) is 10.7. The topological polar surface area (TPSA) is 63.3 Å². The summed E-state index contributed by atoms with van der Waals surface area (Å²) in [6.07, 6.45) is 1.16. The predicted octanol–water partition coefficient (Wildman–Crippen LogP) is 3.20. The number of aliphatic carboxylic acids is 1. The van der Waals surface area contributed by atoms with Crippen LogP contribution in [0.3, 0.4) is 0 Å². The molecule has 0 amide bonds. The molecule has 4 nitrogen and oxygen atoms in total. The molecule has 0 spiro atoms. The second-order valence-corrected chi connectivity index (χ2v) is 4.83. The van der Waals surface area contributed by atoms with Crippen molar-refractivity contribution in [3.8, 4) is 11.3 Å². The number of carbonyl (C=O) groups is 1. The number of hydrogen-bond acceptors (Lipinski definition) is 3. The van der Waals surface area contributed by atoms with Gasteiger partial charge in [-0.2, -0.15) is 0 Å². The van der Waals surface area contributed by atoms with Crippen molar-refractivity contribution in [1.82, 2.24) is 4.98 Å². The molecule has 0 unspecified atom stereocenters. The molecule has 0 bridgehead atoms. The van der Waals surface area contributed by atoms with Gasteiger partial charge in [0.2, 0.25) is 0 Å². The average Bonchev–Trinajstić information content (AvgIpc) is 2.74. The van der Waals surface area contributed by atoms with Crippen LogP contribution in [-0.2, 0) is 11.2 Å². The van der Waals surface area contributed by atoms with Crippen LogP contribution in [0.2, 0.25) is 0 Å². The van der Waals surface area contributed by atoms with Gasteiger partial charge in [-0.1, -0.05) is 6.07 Å². The van der Waals surface area contributed by atoms with E-state index in [2.05, 4.69) is 11.1 Å². The van der Waals surface area contributed by atoms with Gasteiger partial charge in [-0.15, -0.1) is 0 Å². The summed E-state index contributed by atoms with van der Waals surface area (Å²) in [4.78, 5) is 15.1. The number of nitrogens with zero attached hydrogens (tertiary/aromatic N) is 1. The van der Waals surface area contributed by atoms with Gasteiger partial charge < -0.3 is 9.52 Å². The quantitative estimate of drug-likeness (QED) is 0.919. The summed E-state index contributed by atoms with van der Waals surface area (Å²) in [5.41, 5.74) is 6.20. The molecule has 1 aromatic carbocycles. The van der Waals surface area contributed by atoms with E-state index in [-0.39, 0.29) is 6.42 Å². The number of carboxylic acids is 1. The first kappa shape index (κ1) is 13.3. The van der Waals surface area contributed by atoms with Crippen molar-refractivity contribution in [2.75, 3.05) is 0 Å². The summed E-state index contributed by atoms with van der Waals surface area (Å²) in [5.74, 6) is -0.513. The number of aryl methyl sites for hydroxylation is 2. The maximum Gasteiger partial charge on any atom is 0.311 e. The van der Waals surface area contributed by atoms with E-state index in [9.17, 15) is 4.79 Å². The van der Waals surface area contributed by atoms with Gasteiger partial charge in [-0.3, -0.25) is 4.79 Å². The molecule has 4 heteroatoms. The van der Waals surface area contributed by atoms with Gasteiger partial charge in [0.15, 0.2) is 6.39 Å². The van der Waals surface area contributed by atoms with Gasteiger partial charge in [0, 0.05) is 5.56 Å². The Hall–Kier alpha value is -2.10. The van der Waals surface area contributed by atoms with E-state index in [4.69, 9.17) is 9.52 Å². The monoisotopic (exact) mass is 259 g/mol. The summed E-state index contributed by atoms with van der Waals surface area (Å²) < 4.78 is 5.23. The average molecular weight is 259 g/mol.